The zero-order valence-corrected chi connectivity index (χ0v) is 14.7. The molecule has 0 spiro atoms. The van der Waals surface area contributed by atoms with E-state index in [2.05, 4.69) is 5.32 Å². The van der Waals surface area contributed by atoms with Gasteiger partial charge in [-0.1, -0.05) is 29.8 Å². The number of nitrogens with one attached hydrogen (secondary N) is 1. The lowest BCUT2D eigenvalue weighted by molar-refractivity contribution is -0.168. The van der Waals surface area contributed by atoms with Crippen LogP contribution in [-0.2, 0) is 30.3 Å². The van der Waals surface area contributed by atoms with E-state index in [1.807, 2.05) is 31.2 Å². The highest BCUT2D eigenvalue weighted by Gasteiger charge is 2.49. The summed E-state index contributed by atoms with van der Waals surface area (Å²) in [6.07, 6.45) is 0.478. The molecule has 6 heteroatoms. The number of carbonyl (C=O) groups excluding carboxylic acids is 3. The summed E-state index contributed by atoms with van der Waals surface area (Å²) in [7, 11) is 0. The van der Waals surface area contributed by atoms with Crippen molar-refractivity contribution in [2.45, 2.75) is 46.1 Å². The number of ether oxygens (including phenoxy) is 2. The Morgan fingerprint density at radius 1 is 1.00 bits per heavy atom. The lowest BCUT2D eigenvalue weighted by Crippen LogP contribution is -2.61. The zero-order valence-electron chi connectivity index (χ0n) is 14.7. The van der Waals surface area contributed by atoms with Gasteiger partial charge in [-0.3, -0.25) is 4.79 Å². The summed E-state index contributed by atoms with van der Waals surface area (Å²) in [5.41, 5.74) is 0.231. The number of aryl methyl sites for hydroxylation is 2. The molecule has 0 saturated carbocycles. The van der Waals surface area contributed by atoms with Crippen molar-refractivity contribution in [2.24, 2.45) is 0 Å². The Labute approximate surface area is 142 Å². The second kappa shape index (κ2) is 9.05. The first-order chi connectivity index (χ1) is 11.4. The molecule has 6 nitrogen and oxygen atoms in total. The van der Waals surface area contributed by atoms with Gasteiger partial charge in [0.2, 0.25) is 11.4 Å². The van der Waals surface area contributed by atoms with Gasteiger partial charge in [0.25, 0.3) is 0 Å². The molecule has 0 atom stereocenters. The number of rotatable bonds is 8. The van der Waals surface area contributed by atoms with Crippen LogP contribution in [0.15, 0.2) is 24.3 Å². The molecule has 0 saturated heterocycles. The molecule has 0 aliphatic rings. The standard InChI is InChI=1S/C18H25NO5/c1-5-23-16(21)18(19-14(4)20,17(22)24-6-2)12-11-15-9-7-13(3)8-10-15/h7-10H,5-6,11-12H2,1-4H3,(H,19,20). The van der Waals surface area contributed by atoms with Gasteiger partial charge in [-0.15, -0.1) is 0 Å². The molecule has 0 radical (unpaired) electrons. The van der Waals surface area contributed by atoms with Crippen LogP contribution in [0.1, 0.15) is 38.3 Å². The van der Waals surface area contributed by atoms with Crippen LogP contribution >= 0.6 is 0 Å². The van der Waals surface area contributed by atoms with Gasteiger partial charge in [-0.25, -0.2) is 9.59 Å². The lowest BCUT2D eigenvalue weighted by atomic mass is 9.90. The van der Waals surface area contributed by atoms with Crippen LogP contribution in [0.3, 0.4) is 0 Å². The molecule has 0 heterocycles. The Morgan fingerprint density at radius 2 is 1.50 bits per heavy atom. The average molecular weight is 335 g/mol. The van der Waals surface area contributed by atoms with Crippen molar-refractivity contribution in [3.05, 3.63) is 35.4 Å². The van der Waals surface area contributed by atoms with E-state index >= 15 is 0 Å². The topological polar surface area (TPSA) is 81.7 Å². The van der Waals surface area contributed by atoms with E-state index in [0.717, 1.165) is 11.1 Å². The van der Waals surface area contributed by atoms with Crippen LogP contribution in [0.5, 0.6) is 0 Å². The number of amides is 1. The molecule has 1 N–H and O–H groups in total. The number of esters is 2. The van der Waals surface area contributed by atoms with E-state index in [-0.39, 0.29) is 19.6 Å². The predicted octanol–water partition coefficient (Wildman–Crippen LogP) is 1.93. The van der Waals surface area contributed by atoms with Crippen molar-refractivity contribution in [1.82, 2.24) is 5.32 Å². The summed E-state index contributed by atoms with van der Waals surface area (Å²) in [6.45, 7) is 6.71. The van der Waals surface area contributed by atoms with Crippen LogP contribution in [0.4, 0.5) is 0 Å². The van der Waals surface area contributed by atoms with Crippen molar-refractivity contribution in [3.8, 4) is 0 Å². The van der Waals surface area contributed by atoms with Crippen LogP contribution in [0.25, 0.3) is 0 Å². The highest BCUT2D eigenvalue weighted by atomic mass is 16.6. The molecule has 24 heavy (non-hydrogen) atoms. The summed E-state index contributed by atoms with van der Waals surface area (Å²) in [5, 5.41) is 2.46. The summed E-state index contributed by atoms with van der Waals surface area (Å²) in [6, 6.07) is 7.74. The third-order valence-electron chi connectivity index (χ3n) is 3.55. The van der Waals surface area contributed by atoms with E-state index in [4.69, 9.17) is 9.47 Å². The van der Waals surface area contributed by atoms with Crippen LogP contribution < -0.4 is 5.32 Å². The van der Waals surface area contributed by atoms with Gasteiger partial charge in [0, 0.05) is 6.92 Å². The third-order valence-corrected chi connectivity index (χ3v) is 3.55. The fourth-order valence-electron chi connectivity index (χ4n) is 2.35. The zero-order chi connectivity index (χ0) is 18.2. The molecule has 0 unspecified atom stereocenters. The second-order valence-electron chi connectivity index (χ2n) is 5.51. The molecule has 1 rings (SSSR count). The molecule has 0 bridgehead atoms. The Hall–Kier alpha value is -2.37. The highest BCUT2D eigenvalue weighted by molar-refractivity contribution is 6.07. The summed E-state index contributed by atoms with van der Waals surface area (Å²) < 4.78 is 10.1. The van der Waals surface area contributed by atoms with Crippen LogP contribution in [-0.4, -0.2) is 36.6 Å². The van der Waals surface area contributed by atoms with Crippen molar-refractivity contribution < 1.29 is 23.9 Å². The molecule has 0 aromatic heterocycles. The van der Waals surface area contributed by atoms with Gasteiger partial charge in [0.05, 0.1) is 13.2 Å². The Bertz CT molecular complexity index is 562. The molecule has 1 aromatic carbocycles. The van der Waals surface area contributed by atoms with E-state index in [0.29, 0.717) is 6.42 Å². The van der Waals surface area contributed by atoms with Crippen LogP contribution in [0.2, 0.25) is 0 Å². The monoisotopic (exact) mass is 335 g/mol. The fraction of sp³-hybridized carbons (Fsp3) is 0.500. The third kappa shape index (κ3) is 5.08. The smallest absolute Gasteiger partial charge is 0.343 e. The SMILES string of the molecule is CCOC(=O)C(CCc1ccc(C)cc1)(NC(C)=O)C(=O)OCC. The first-order valence-electron chi connectivity index (χ1n) is 8.04. The van der Waals surface area contributed by atoms with Gasteiger partial charge >= 0.3 is 11.9 Å². The number of hydrogen-bond donors (Lipinski definition) is 1. The molecular weight excluding hydrogens is 310 g/mol. The van der Waals surface area contributed by atoms with Crippen molar-refractivity contribution in [2.75, 3.05) is 13.2 Å². The molecule has 1 aromatic rings. The van der Waals surface area contributed by atoms with Crippen molar-refractivity contribution in [1.29, 1.82) is 0 Å². The van der Waals surface area contributed by atoms with Gasteiger partial charge < -0.3 is 14.8 Å². The minimum atomic E-state index is -1.83. The first-order valence-corrected chi connectivity index (χ1v) is 8.04. The minimum Gasteiger partial charge on any atom is -0.464 e. The van der Waals surface area contributed by atoms with E-state index in [1.54, 1.807) is 13.8 Å². The Kier molecular flexibility index (Phi) is 7.42. The number of benzene rings is 1. The predicted molar refractivity (Wildman–Crippen MR) is 89.3 cm³/mol. The first kappa shape index (κ1) is 19.7. The Morgan fingerprint density at radius 3 is 1.92 bits per heavy atom. The normalized spacial score (nSPS) is 10.8. The summed E-state index contributed by atoms with van der Waals surface area (Å²) >= 11 is 0. The van der Waals surface area contributed by atoms with Gasteiger partial charge in [-0.05, 0) is 39.2 Å². The van der Waals surface area contributed by atoms with Crippen LogP contribution in [0, 0.1) is 6.92 Å². The second-order valence-corrected chi connectivity index (χ2v) is 5.51. The number of hydrogen-bond acceptors (Lipinski definition) is 5. The molecular formula is C18H25NO5. The van der Waals surface area contributed by atoms with Gasteiger partial charge in [0.1, 0.15) is 0 Å². The van der Waals surface area contributed by atoms with E-state index in [1.165, 1.54) is 6.92 Å². The maximum Gasteiger partial charge on any atom is 0.343 e. The van der Waals surface area contributed by atoms with E-state index < -0.39 is 23.4 Å². The quantitative estimate of drug-likeness (QED) is 0.580. The van der Waals surface area contributed by atoms with Gasteiger partial charge in [-0.2, -0.15) is 0 Å². The lowest BCUT2D eigenvalue weighted by Gasteiger charge is -2.29. The fourth-order valence-corrected chi connectivity index (χ4v) is 2.35. The maximum atomic E-state index is 12.5. The molecule has 0 aliphatic heterocycles. The molecule has 0 fully saturated rings. The Balaban J connectivity index is 3.11. The maximum absolute atomic E-state index is 12.5. The largest absolute Gasteiger partial charge is 0.464 e. The van der Waals surface area contributed by atoms with Crippen molar-refractivity contribution in [3.63, 3.8) is 0 Å². The molecule has 1 amide bonds. The molecule has 132 valence electrons. The van der Waals surface area contributed by atoms with Crippen molar-refractivity contribution >= 4 is 17.8 Å². The highest BCUT2D eigenvalue weighted by Crippen LogP contribution is 2.20. The van der Waals surface area contributed by atoms with E-state index in [9.17, 15) is 14.4 Å². The summed E-state index contributed by atoms with van der Waals surface area (Å²) in [5.74, 6) is -2.10. The molecule has 0 aliphatic carbocycles. The summed E-state index contributed by atoms with van der Waals surface area (Å²) in [4.78, 5) is 36.5. The number of carbonyl (C=O) groups is 3. The minimum absolute atomic E-state index is 0.0628. The van der Waals surface area contributed by atoms with Gasteiger partial charge in [0.15, 0.2) is 0 Å². The average Bonchev–Trinajstić information content (AvgIpc) is 2.53.